The molecule has 0 aliphatic carbocycles. The molecule has 0 spiro atoms. The van der Waals surface area contributed by atoms with E-state index in [1.54, 1.807) is 7.11 Å². The Hall–Kier alpha value is -0.710. The molecule has 2 aromatic rings. The van der Waals surface area contributed by atoms with Crippen molar-refractivity contribution in [1.29, 1.82) is 0 Å². The van der Waals surface area contributed by atoms with Crippen LogP contribution in [0.15, 0.2) is 53.4 Å². The van der Waals surface area contributed by atoms with Gasteiger partial charge in [-0.3, -0.25) is 0 Å². The van der Waals surface area contributed by atoms with E-state index in [0.717, 1.165) is 11.5 Å². The summed E-state index contributed by atoms with van der Waals surface area (Å²) in [4.78, 5) is 1.42. The van der Waals surface area contributed by atoms with E-state index in [-0.39, 0.29) is 0 Å². The van der Waals surface area contributed by atoms with Gasteiger partial charge in [-0.25, -0.2) is 0 Å². The highest BCUT2D eigenvalue weighted by atomic mass is 32.2. The second-order valence-corrected chi connectivity index (χ2v) is 8.84. The van der Waals surface area contributed by atoms with Gasteiger partial charge in [0.2, 0.25) is 0 Å². The Morgan fingerprint density at radius 3 is 2.50 bits per heavy atom. The van der Waals surface area contributed by atoms with Crippen molar-refractivity contribution in [3.05, 3.63) is 59.7 Å². The molecular weight excluding hydrogens is 328 g/mol. The third kappa shape index (κ3) is 4.18. The lowest BCUT2D eigenvalue weighted by molar-refractivity contribution is 0.414. The normalized spacial score (nSPS) is 15.7. The van der Waals surface area contributed by atoms with E-state index in [1.807, 2.05) is 23.9 Å². The summed E-state index contributed by atoms with van der Waals surface area (Å²) in [6.45, 7) is 0. The van der Waals surface area contributed by atoms with Crippen molar-refractivity contribution >= 4 is 35.3 Å². The van der Waals surface area contributed by atoms with E-state index >= 15 is 0 Å². The second kappa shape index (κ2) is 8.23. The van der Waals surface area contributed by atoms with E-state index in [1.165, 1.54) is 33.9 Å². The molecule has 0 radical (unpaired) electrons. The zero-order valence-corrected chi connectivity index (χ0v) is 15.1. The van der Waals surface area contributed by atoms with Gasteiger partial charge >= 0.3 is 0 Å². The maximum Gasteiger partial charge on any atom is 0.118 e. The van der Waals surface area contributed by atoms with Crippen LogP contribution in [0.3, 0.4) is 0 Å². The van der Waals surface area contributed by atoms with Crippen LogP contribution in [0, 0.1) is 0 Å². The number of thioether (sulfide) groups is 3. The molecule has 4 heteroatoms. The summed E-state index contributed by atoms with van der Waals surface area (Å²) in [6, 6.07) is 17.3. The summed E-state index contributed by atoms with van der Waals surface area (Å²) in [5.74, 6) is 4.50. The van der Waals surface area contributed by atoms with Crippen molar-refractivity contribution < 1.29 is 4.74 Å². The van der Waals surface area contributed by atoms with Crippen LogP contribution >= 0.6 is 35.3 Å². The highest BCUT2D eigenvalue weighted by molar-refractivity contribution is 8.16. The van der Waals surface area contributed by atoms with Crippen molar-refractivity contribution in [2.75, 3.05) is 18.6 Å². The van der Waals surface area contributed by atoms with Gasteiger partial charge in [0.1, 0.15) is 5.75 Å². The Labute approximate surface area is 145 Å². The maximum absolute atomic E-state index is 5.22. The number of benzene rings is 2. The van der Waals surface area contributed by atoms with Crippen LogP contribution in [0.25, 0.3) is 0 Å². The Bertz CT molecular complexity index is 592. The molecule has 22 heavy (non-hydrogen) atoms. The standard InChI is InChI=1S/C18H20OS3/c1-19-15-9-7-14(8-10-15)13-22-17-6-3-2-5-16(17)18-20-11-4-12-21-18/h2-3,5-10,18H,4,11-13H2,1H3. The van der Waals surface area contributed by atoms with E-state index in [4.69, 9.17) is 4.74 Å². The van der Waals surface area contributed by atoms with Crippen molar-refractivity contribution in [2.45, 2.75) is 21.7 Å². The highest BCUT2D eigenvalue weighted by Gasteiger charge is 2.19. The summed E-state index contributed by atoms with van der Waals surface area (Å²) in [5.41, 5.74) is 2.83. The third-order valence-electron chi connectivity index (χ3n) is 3.55. The van der Waals surface area contributed by atoms with Crippen LogP contribution in [-0.4, -0.2) is 18.6 Å². The van der Waals surface area contributed by atoms with Gasteiger partial charge in [-0.15, -0.1) is 35.3 Å². The lowest BCUT2D eigenvalue weighted by atomic mass is 10.2. The first-order valence-electron chi connectivity index (χ1n) is 7.44. The molecule has 0 amide bonds. The third-order valence-corrected chi connectivity index (χ3v) is 7.69. The first kappa shape index (κ1) is 16.2. The molecule has 0 bridgehead atoms. The quantitative estimate of drug-likeness (QED) is 0.626. The van der Waals surface area contributed by atoms with Crippen LogP contribution in [0.5, 0.6) is 5.75 Å². The van der Waals surface area contributed by atoms with E-state index in [2.05, 4.69) is 59.9 Å². The molecule has 3 rings (SSSR count). The predicted octanol–water partition coefficient (Wildman–Crippen LogP) is 5.86. The van der Waals surface area contributed by atoms with Crippen molar-refractivity contribution in [1.82, 2.24) is 0 Å². The van der Waals surface area contributed by atoms with E-state index < -0.39 is 0 Å². The van der Waals surface area contributed by atoms with Gasteiger partial charge in [0.15, 0.2) is 0 Å². The average Bonchev–Trinajstić information content (AvgIpc) is 2.61. The molecule has 0 N–H and O–H groups in total. The fourth-order valence-corrected chi connectivity index (χ4v) is 6.51. The molecule has 0 atom stereocenters. The number of ether oxygens (including phenoxy) is 1. The molecule has 1 fully saturated rings. The van der Waals surface area contributed by atoms with Crippen LogP contribution < -0.4 is 4.74 Å². The second-order valence-electron chi connectivity index (χ2n) is 5.10. The zero-order valence-electron chi connectivity index (χ0n) is 12.7. The van der Waals surface area contributed by atoms with Crippen LogP contribution in [-0.2, 0) is 5.75 Å². The number of hydrogen-bond donors (Lipinski definition) is 0. The molecule has 0 unspecified atom stereocenters. The van der Waals surface area contributed by atoms with E-state index in [9.17, 15) is 0 Å². The molecule has 0 aromatic heterocycles. The Balaban J connectivity index is 1.68. The predicted molar refractivity (Wildman–Crippen MR) is 101 cm³/mol. The van der Waals surface area contributed by atoms with Crippen LogP contribution in [0.4, 0.5) is 0 Å². The summed E-state index contributed by atoms with van der Waals surface area (Å²) in [6.07, 6.45) is 1.34. The fourth-order valence-electron chi connectivity index (χ4n) is 2.36. The van der Waals surface area contributed by atoms with Gasteiger partial charge in [0.25, 0.3) is 0 Å². The first-order chi connectivity index (χ1) is 10.9. The summed E-state index contributed by atoms with van der Waals surface area (Å²) < 4.78 is 5.82. The summed E-state index contributed by atoms with van der Waals surface area (Å²) >= 11 is 6.12. The van der Waals surface area contributed by atoms with Crippen molar-refractivity contribution in [3.63, 3.8) is 0 Å². The van der Waals surface area contributed by atoms with Crippen LogP contribution in [0.1, 0.15) is 22.1 Å². The molecule has 1 saturated heterocycles. The lowest BCUT2D eigenvalue weighted by Gasteiger charge is -2.23. The molecule has 1 aliphatic rings. The first-order valence-corrected chi connectivity index (χ1v) is 10.5. The van der Waals surface area contributed by atoms with Crippen molar-refractivity contribution in [2.24, 2.45) is 0 Å². The Kier molecular flexibility index (Phi) is 6.04. The minimum Gasteiger partial charge on any atom is -0.497 e. The van der Waals surface area contributed by atoms with E-state index in [0.29, 0.717) is 4.58 Å². The van der Waals surface area contributed by atoms with Gasteiger partial charge in [0.05, 0.1) is 11.7 Å². The van der Waals surface area contributed by atoms with Gasteiger partial charge in [0, 0.05) is 10.6 Å². The molecule has 2 aromatic carbocycles. The lowest BCUT2D eigenvalue weighted by Crippen LogP contribution is -2.01. The molecule has 1 aliphatic heterocycles. The minimum atomic E-state index is 0.605. The summed E-state index contributed by atoms with van der Waals surface area (Å²) in [5, 5.41) is 0. The fraction of sp³-hybridized carbons (Fsp3) is 0.333. The Morgan fingerprint density at radius 1 is 1.05 bits per heavy atom. The molecule has 1 nitrogen and oxygen atoms in total. The molecule has 1 heterocycles. The van der Waals surface area contributed by atoms with Crippen molar-refractivity contribution in [3.8, 4) is 5.75 Å². The maximum atomic E-state index is 5.22. The number of rotatable bonds is 5. The largest absolute Gasteiger partial charge is 0.497 e. The zero-order chi connectivity index (χ0) is 15.2. The smallest absolute Gasteiger partial charge is 0.118 e. The summed E-state index contributed by atoms with van der Waals surface area (Å²) in [7, 11) is 1.71. The van der Waals surface area contributed by atoms with Crippen LogP contribution in [0.2, 0.25) is 0 Å². The molecule has 116 valence electrons. The van der Waals surface area contributed by atoms with Gasteiger partial charge in [-0.2, -0.15) is 0 Å². The average molecular weight is 349 g/mol. The minimum absolute atomic E-state index is 0.605. The van der Waals surface area contributed by atoms with Gasteiger partial charge in [-0.05, 0) is 47.3 Å². The molecular formula is C18H20OS3. The topological polar surface area (TPSA) is 9.23 Å². The highest BCUT2D eigenvalue weighted by Crippen LogP contribution is 2.46. The SMILES string of the molecule is COc1ccc(CSc2ccccc2C2SCCCS2)cc1. The van der Waals surface area contributed by atoms with Gasteiger partial charge in [-0.1, -0.05) is 30.3 Å². The molecule has 0 saturated carbocycles. The number of methoxy groups -OCH3 is 1. The van der Waals surface area contributed by atoms with Gasteiger partial charge < -0.3 is 4.74 Å². The monoisotopic (exact) mass is 348 g/mol. The Morgan fingerprint density at radius 2 is 1.77 bits per heavy atom. The number of hydrogen-bond acceptors (Lipinski definition) is 4.